The van der Waals surface area contributed by atoms with Crippen LogP contribution >= 0.6 is 0 Å². The van der Waals surface area contributed by atoms with Gasteiger partial charge in [-0.05, 0) is 85.4 Å². The van der Waals surface area contributed by atoms with E-state index < -0.39 is 11.2 Å². The first kappa shape index (κ1) is 36.2. The number of piperidine rings is 2. The molecule has 0 saturated carbocycles. The van der Waals surface area contributed by atoms with Gasteiger partial charge >= 0.3 is 12.2 Å². The lowest BCUT2D eigenvalue weighted by Crippen LogP contribution is -2.42. The number of ether oxygens (including phenoxy) is 2. The zero-order valence-electron chi connectivity index (χ0n) is 32.3. The fourth-order valence-corrected chi connectivity index (χ4v) is 7.21. The molecule has 0 radical (unpaired) electrons. The van der Waals surface area contributed by atoms with Crippen LogP contribution in [0.15, 0.2) is 61.6 Å². The van der Waals surface area contributed by atoms with E-state index in [2.05, 4.69) is 27.4 Å². The number of rotatable bonds is 6. The van der Waals surface area contributed by atoms with Gasteiger partial charge in [0.15, 0.2) is 5.65 Å². The van der Waals surface area contributed by atoms with Crippen molar-refractivity contribution < 1.29 is 19.1 Å². The number of amides is 2. The van der Waals surface area contributed by atoms with Crippen LogP contribution in [0.2, 0.25) is 0 Å². The third-order valence-electron chi connectivity index (χ3n) is 10.1. The van der Waals surface area contributed by atoms with Gasteiger partial charge in [0.1, 0.15) is 16.7 Å². The highest BCUT2D eigenvalue weighted by Gasteiger charge is 2.29. The van der Waals surface area contributed by atoms with E-state index in [1.807, 2.05) is 103 Å². The minimum absolute atomic E-state index is 0.185. The summed E-state index contributed by atoms with van der Waals surface area (Å²) >= 11 is 0. The Balaban J connectivity index is 0.942. The lowest BCUT2D eigenvalue weighted by molar-refractivity contribution is 0.0174. The molecule has 6 aromatic rings. The Bertz CT molecular complexity index is 2160. The molecule has 288 valence electrons. The molecule has 2 saturated heterocycles. The normalized spacial score (nSPS) is 16.3. The Morgan fingerprint density at radius 2 is 1.27 bits per heavy atom. The van der Waals surface area contributed by atoms with Crippen molar-refractivity contribution in [2.75, 3.05) is 26.2 Å². The number of nitrogens with zero attached hydrogens (tertiary/aromatic N) is 12. The summed E-state index contributed by atoms with van der Waals surface area (Å²) in [6, 6.07) is 6.40. The molecule has 8 heterocycles. The topological polar surface area (TPSA) is 156 Å². The first-order chi connectivity index (χ1) is 26.3. The maximum atomic E-state index is 12.5. The molecule has 0 atom stereocenters. The van der Waals surface area contributed by atoms with E-state index in [4.69, 9.17) is 24.7 Å². The fraction of sp³-hybridized carbons (Fsp3) is 0.487. The molecule has 0 aromatic carbocycles. The van der Waals surface area contributed by atoms with Gasteiger partial charge in [0.2, 0.25) is 0 Å². The van der Waals surface area contributed by atoms with Gasteiger partial charge in [0.05, 0.1) is 60.3 Å². The summed E-state index contributed by atoms with van der Waals surface area (Å²) in [5, 5.41) is 19.0. The number of aromatic nitrogens is 10. The van der Waals surface area contributed by atoms with Crippen LogP contribution in [0.25, 0.3) is 39.1 Å². The quantitative estimate of drug-likeness (QED) is 0.187. The maximum Gasteiger partial charge on any atom is 0.410 e. The number of likely N-dealkylation sites (tertiary alicyclic amines) is 2. The molecule has 6 aromatic heterocycles. The van der Waals surface area contributed by atoms with Crippen LogP contribution in [0, 0.1) is 0 Å². The molecule has 0 N–H and O–H groups in total. The van der Waals surface area contributed by atoms with E-state index in [1.165, 1.54) is 0 Å². The second-order valence-corrected chi connectivity index (χ2v) is 16.5. The first-order valence-electron chi connectivity index (χ1n) is 19.0. The summed E-state index contributed by atoms with van der Waals surface area (Å²) in [6.07, 6.45) is 15.9. The molecule has 2 amide bonds. The van der Waals surface area contributed by atoms with E-state index in [-0.39, 0.29) is 24.3 Å². The number of imidazole rings is 1. The van der Waals surface area contributed by atoms with Crippen LogP contribution in [-0.4, -0.2) is 108 Å². The van der Waals surface area contributed by atoms with Gasteiger partial charge in [0, 0.05) is 61.5 Å². The van der Waals surface area contributed by atoms with Gasteiger partial charge in [-0.3, -0.25) is 19.0 Å². The highest BCUT2D eigenvalue weighted by Crippen LogP contribution is 2.29. The number of hydrogen-bond acceptors (Lipinski definition) is 10. The van der Waals surface area contributed by atoms with E-state index in [9.17, 15) is 9.59 Å². The number of pyridine rings is 1. The molecule has 2 fully saturated rings. The molecule has 55 heavy (non-hydrogen) atoms. The molecular weight excluding hydrogens is 701 g/mol. The maximum absolute atomic E-state index is 12.5. The molecule has 8 rings (SSSR count). The van der Waals surface area contributed by atoms with E-state index in [0.717, 1.165) is 70.4 Å². The Labute approximate surface area is 319 Å². The zero-order chi connectivity index (χ0) is 38.5. The van der Waals surface area contributed by atoms with Crippen molar-refractivity contribution >= 4 is 28.9 Å². The second-order valence-electron chi connectivity index (χ2n) is 16.5. The van der Waals surface area contributed by atoms with Crippen molar-refractivity contribution in [3.63, 3.8) is 0 Å². The van der Waals surface area contributed by atoms with Gasteiger partial charge in [-0.2, -0.15) is 20.4 Å². The summed E-state index contributed by atoms with van der Waals surface area (Å²) in [5.41, 5.74) is 5.86. The zero-order valence-corrected chi connectivity index (χ0v) is 32.3. The summed E-state index contributed by atoms with van der Waals surface area (Å²) < 4.78 is 18.9. The molecule has 0 spiro atoms. The van der Waals surface area contributed by atoms with E-state index in [0.29, 0.717) is 32.7 Å². The average Bonchev–Trinajstić information content (AvgIpc) is 3.98. The Hall–Kier alpha value is -5.80. The molecule has 0 bridgehead atoms. The fourth-order valence-electron chi connectivity index (χ4n) is 7.21. The monoisotopic (exact) mass is 748 g/mol. The SMILES string of the molecule is CC(C)(C)OC(=O)N1CCC(n2cc(-c3cnc4cnn(Cc5cnc6ccc(-c7cnn(C8CCN(C(=O)OC(C)(C)C)CC8)c7)nn56)c4c3)cn2)CC1. The Morgan fingerprint density at radius 1 is 0.691 bits per heavy atom. The minimum Gasteiger partial charge on any atom is -0.444 e. The van der Waals surface area contributed by atoms with Crippen LogP contribution in [0.1, 0.15) is 85.0 Å². The number of fused-ring (bicyclic) bond motifs is 2. The van der Waals surface area contributed by atoms with Crippen molar-refractivity contribution in [2.24, 2.45) is 0 Å². The van der Waals surface area contributed by atoms with Gasteiger partial charge < -0.3 is 19.3 Å². The van der Waals surface area contributed by atoms with Crippen molar-refractivity contribution in [1.29, 1.82) is 0 Å². The highest BCUT2D eigenvalue weighted by atomic mass is 16.6. The van der Waals surface area contributed by atoms with E-state index >= 15 is 0 Å². The third kappa shape index (κ3) is 7.89. The van der Waals surface area contributed by atoms with Gasteiger partial charge in [-0.15, -0.1) is 0 Å². The Morgan fingerprint density at radius 3 is 1.87 bits per heavy atom. The van der Waals surface area contributed by atoms with Gasteiger partial charge in [-0.25, -0.2) is 19.1 Å². The van der Waals surface area contributed by atoms with Crippen LogP contribution in [-0.2, 0) is 16.0 Å². The molecule has 0 aliphatic carbocycles. The van der Waals surface area contributed by atoms with E-state index in [1.54, 1.807) is 16.0 Å². The molecule has 16 nitrogen and oxygen atoms in total. The standard InChI is InChI=1S/C39H48N12O4/c1-38(2,3)54-36(52)46-13-9-29(10-14-46)48-23-27(19-42-48)26-17-34-33(40-18-26)22-44-50(34)25-31-21-41-35-8-7-32(45-51(31)35)28-20-43-49(24-28)30-11-15-47(16-12-30)37(53)55-39(4,5)6/h7-8,17-24,29-30H,9-16,25H2,1-6H3. The van der Waals surface area contributed by atoms with Crippen molar-refractivity contribution in [2.45, 2.75) is 97.1 Å². The second kappa shape index (κ2) is 14.1. The summed E-state index contributed by atoms with van der Waals surface area (Å²) in [7, 11) is 0. The van der Waals surface area contributed by atoms with Gasteiger partial charge in [0.25, 0.3) is 0 Å². The number of carbonyl (C=O) groups excluding carboxylic acids is 2. The molecular formula is C39H48N12O4. The van der Waals surface area contributed by atoms with Crippen LogP contribution < -0.4 is 0 Å². The summed E-state index contributed by atoms with van der Waals surface area (Å²) in [5.74, 6) is 0. The smallest absolute Gasteiger partial charge is 0.410 e. The molecule has 16 heteroatoms. The number of hydrogen-bond donors (Lipinski definition) is 0. The first-order valence-corrected chi connectivity index (χ1v) is 19.0. The predicted octanol–water partition coefficient (Wildman–Crippen LogP) is 6.39. The molecule has 2 aliphatic rings. The van der Waals surface area contributed by atoms with Crippen molar-refractivity contribution in [3.05, 3.63) is 67.3 Å². The molecule has 2 aliphatic heterocycles. The van der Waals surface area contributed by atoms with Crippen molar-refractivity contribution in [3.8, 4) is 22.4 Å². The largest absolute Gasteiger partial charge is 0.444 e. The Kier molecular flexibility index (Phi) is 9.29. The third-order valence-corrected chi connectivity index (χ3v) is 10.1. The van der Waals surface area contributed by atoms with Gasteiger partial charge in [-0.1, -0.05) is 0 Å². The van der Waals surface area contributed by atoms with Crippen LogP contribution in [0.5, 0.6) is 0 Å². The lowest BCUT2D eigenvalue weighted by Gasteiger charge is -2.33. The lowest BCUT2D eigenvalue weighted by atomic mass is 10.1. The number of carbonyl (C=O) groups is 2. The van der Waals surface area contributed by atoms with Crippen LogP contribution in [0.4, 0.5) is 9.59 Å². The summed E-state index contributed by atoms with van der Waals surface area (Å²) in [4.78, 5) is 38.0. The minimum atomic E-state index is -0.514. The predicted molar refractivity (Wildman–Crippen MR) is 204 cm³/mol. The van der Waals surface area contributed by atoms with Crippen molar-refractivity contribution in [1.82, 2.24) is 58.7 Å². The van der Waals surface area contributed by atoms with Crippen LogP contribution in [0.3, 0.4) is 0 Å². The highest BCUT2D eigenvalue weighted by molar-refractivity contribution is 5.80. The average molecular weight is 749 g/mol. The summed E-state index contributed by atoms with van der Waals surface area (Å²) in [6.45, 7) is 14.3. The molecule has 0 unspecified atom stereocenters.